The van der Waals surface area contributed by atoms with Crippen LogP contribution < -0.4 is 5.32 Å². The highest BCUT2D eigenvalue weighted by Crippen LogP contribution is 2.36. The average molecular weight is 319 g/mol. The van der Waals surface area contributed by atoms with Gasteiger partial charge in [0.2, 0.25) is 0 Å². The lowest BCUT2D eigenvalue weighted by Gasteiger charge is -2.36. The number of carbonyl (C=O) groups excluding carboxylic acids is 1. The minimum absolute atomic E-state index is 0.0337. The van der Waals surface area contributed by atoms with Gasteiger partial charge in [-0.2, -0.15) is 0 Å². The van der Waals surface area contributed by atoms with Crippen LogP contribution in [0, 0.1) is 0 Å². The standard InChI is InChI=1S/C18H25NO4/c20-17(23-16-8-12-22-13-9-16)19-15-6-10-18(21,11-7-15)14-4-2-1-3-5-14/h1-5,15-16,21H,6-13H2,(H,19,20). The van der Waals surface area contributed by atoms with E-state index in [9.17, 15) is 9.90 Å². The van der Waals surface area contributed by atoms with E-state index in [1.165, 1.54) is 0 Å². The summed E-state index contributed by atoms with van der Waals surface area (Å²) in [6, 6.07) is 9.85. The number of benzene rings is 1. The monoisotopic (exact) mass is 319 g/mol. The van der Waals surface area contributed by atoms with Crippen molar-refractivity contribution in [3.8, 4) is 0 Å². The smallest absolute Gasteiger partial charge is 0.407 e. The molecule has 2 aliphatic rings. The maximum atomic E-state index is 12.0. The molecule has 5 nitrogen and oxygen atoms in total. The van der Waals surface area contributed by atoms with Crippen molar-refractivity contribution in [1.82, 2.24) is 5.32 Å². The van der Waals surface area contributed by atoms with Gasteiger partial charge in [0, 0.05) is 18.9 Å². The number of ether oxygens (including phenoxy) is 2. The van der Waals surface area contributed by atoms with E-state index in [2.05, 4.69) is 5.32 Å². The first kappa shape index (κ1) is 16.3. The molecule has 1 aliphatic heterocycles. The van der Waals surface area contributed by atoms with Gasteiger partial charge in [-0.25, -0.2) is 4.79 Å². The summed E-state index contributed by atoms with van der Waals surface area (Å²) in [6.07, 6.45) is 3.99. The molecule has 2 fully saturated rings. The van der Waals surface area contributed by atoms with Gasteiger partial charge >= 0.3 is 6.09 Å². The first-order valence-corrected chi connectivity index (χ1v) is 8.48. The van der Waals surface area contributed by atoms with Crippen LogP contribution in [0.4, 0.5) is 4.79 Å². The molecule has 1 aromatic carbocycles. The van der Waals surface area contributed by atoms with Crippen LogP contribution in [0.3, 0.4) is 0 Å². The molecule has 0 unspecified atom stereocenters. The molecule has 0 atom stereocenters. The van der Waals surface area contributed by atoms with E-state index < -0.39 is 5.60 Å². The number of hydrogen-bond donors (Lipinski definition) is 2. The lowest BCUT2D eigenvalue weighted by Crippen LogP contribution is -2.43. The number of rotatable bonds is 3. The summed E-state index contributed by atoms with van der Waals surface area (Å²) < 4.78 is 10.7. The van der Waals surface area contributed by atoms with Crippen LogP contribution >= 0.6 is 0 Å². The quantitative estimate of drug-likeness (QED) is 0.899. The third kappa shape index (κ3) is 4.24. The van der Waals surface area contributed by atoms with E-state index in [4.69, 9.17) is 9.47 Å². The van der Waals surface area contributed by atoms with Gasteiger partial charge in [-0.15, -0.1) is 0 Å². The fourth-order valence-electron chi connectivity index (χ4n) is 3.42. The van der Waals surface area contributed by atoms with Crippen LogP contribution in [0.25, 0.3) is 0 Å². The molecule has 2 N–H and O–H groups in total. The van der Waals surface area contributed by atoms with Gasteiger partial charge in [-0.3, -0.25) is 0 Å². The maximum Gasteiger partial charge on any atom is 0.407 e. The second-order valence-corrected chi connectivity index (χ2v) is 6.53. The molecular formula is C18H25NO4. The number of amides is 1. The summed E-state index contributed by atoms with van der Waals surface area (Å²) in [5.41, 5.74) is 0.188. The zero-order chi connectivity index (χ0) is 16.1. The molecule has 1 heterocycles. The zero-order valence-electron chi connectivity index (χ0n) is 13.4. The van der Waals surface area contributed by atoms with Crippen molar-refractivity contribution in [2.75, 3.05) is 13.2 Å². The largest absolute Gasteiger partial charge is 0.446 e. The van der Waals surface area contributed by atoms with Gasteiger partial charge in [0.1, 0.15) is 6.10 Å². The minimum atomic E-state index is -0.774. The Labute approximate surface area is 137 Å². The highest BCUT2D eigenvalue weighted by atomic mass is 16.6. The van der Waals surface area contributed by atoms with Crippen LogP contribution in [0.5, 0.6) is 0 Å². The number of carbonyl (C=O) groups is 1. The van der Waals surface area contributed by atoms with Crippen molar-refractivity contribution in [1.29, 1.82) is 0 Å². The molecule has 1 amide bonds. The molecule has 0 bridgehead atoms. The maximum absolute atomic E-state index is 12.0. The van der Waals surface area contributed by atoms with Crippen molar-refractivity contribution in [2.24, 2.45) is 0 Å². The predicted molar refractivity (Wildman–Crippen MR) is 86.1 cm³/mol. The molecular weight excluding hydrogens is 294 g/mol. The van der Waals surface area contributed by atoms with Crippen molar-refractivity contribution in [2.45, 2.75) is 56.3 Å². The summed E-state index contributed by atoms with van der Waals surface area (Å²) in [5.74, 6) is 0. The van der Waals surface area contributed by atoms with Crippen LogP contribution in [0.2, 0.25) is 0 Å². The van der Waals surface area contributed by atoms with Gasteiger partial charge in [-0.1, -0.05) is 30.3 Å². The number of alkyl carbamates (subject to hydrolysis) is 1. The van der Waals surface area contributed by atoms with Gasteiger partial charge in [0.05, 0.1) is 18.8 Å². The zero-order valence-corrected chi connectivity index (χ0v) is 13.4. The average Bonchev–Trinajstić information content (AvgIpc) is 2.59. The summed E-state index contributed by atoms with van der Waals surface area (Å²) in [6.45, 7) is 1.32. The van der Waals surface area contributed by atoms with Crippen LogP contribution in [-0.2, 0) is 15.1 Å². The number of hydrogen-bond acceptors (Lipinski definition) is 4. The highest BCUT2D eigenvalue weighted by Gasteiger charge is 2.35. The third-order valence-electron chi connectivity index (χ3n) is 4.89. The topological polar surface area (TPSA) is 67.8 Å². The fraction of sp³-hybridized carbons (Fsp3) is 0.611. The van der Waals surface area contributed by atoms with Gasteiger partial charge in [-0.05, 0) is 31.2 Å². The van der Waals surface area contributed by atoms with Crippen LogP contribution in [0.1, 0.15) is 44.1 Å². The molecule has 1 aromatic rings. The van der Waals surface area contributed by atoms with Crippen LogP contribution in [0.15, 0.2) is 30.3 Å². The van der Waals surface area contributed by atoms with Crippen molar-refractivity contribution < 1.29 is 19.4 Å². The highest BCUT2D eigenvalue weighted by molar-refractivity contribution is 5.67. The summed E-state index contributed by atoms with van der Waals surface area (Å²) in [4.78, 5) is 12.0. The Bertz CT molecular complexity index is 505. The normalized spacial score (nSPS) is 29.0. The number of nitrogens with one attached hydrogen (secondary N) is 1. The van der Waals surface area contributed by atoms with Crippen LogP contribution in [-0.4, -0.2) is 36.6 Å². The molecule has 1 saturated carbocycles. The van der Waals surface area contributed by atoms with E-state index in [-0.39, 0.29) is 18.2 Å². The lowest BCUT2D eigenvalue weighted by molar-refractivity contribution is -0.0146. The van der Waals surface area contributed by atoms with E-state index in [0.717, 1.165) is 31.2 Å². The Morgan fingerprint density at radius 3 is 2.43 bits per heavy atom. The summed E-state index contributed by atoms with van der Waals surface area (Å²) in [7, 11) is 0. The summed E-state index contributed by atoms with van der Waals surface area (Å²) in [5, 5.41) is 13.7. The minimum Gasteiger partial charge on any atom is -0.446 e. The van der Waals surface area contributed by atoms with E-state index in [1.54, 1.807) is 0 Å². The Hall–Kier alpha value is -1.59. The molecule has 0 aromatic heterocycles. The van der Waals surface area contributed by atoms with Gasteiger partial charge in [0.25, 0.3) is 0 Å². The third-order valence-corrected chi connectivity index (χ3v) is 4.89. The molecule has 3 rings (SSSR count). The SMILES string of the molecule is O=C(NC1CCC(O)(c2ccccc2)CC1)OC1CCOCC1. The summed E-state index contributed by atoms with van der Waals surface area (Å²) >= 11 is 0. The Kier molecular flexibility index (Phi) is 5.18. The first-order valence-electron chi connectivity index (χ1n) is 8.48. The van der Waals surface area contributed by atoms with Gasteiger partial charge in [0.15, 0.2) is 0 Å². The van der Waals surface area contributed by atoms with E-state index in [1.807, 2.05) is 30.3 Å². The first-order chi connectivity index (χ1) is 11.2. The molecule has 0 spiro atoms. The molecule has 126 valence electrons. The fourth-order valence-corrected chi connectivity index (χ4v) is 3.42. The predicted octanol–water partition coefficient (Wildman–Crippen LogP) is 2.72. The van der Waals surface area contributed by atoms with E-state index >= 15 is 0 Å². The lowest BCUT2D eigenvalue weighted by atomic mass is 9.78. The Morgan fingerprint density at radius 1 is 1.13 bits per heavy atom. The molecule has 23 heavy (non-hydrogen) atoms. The Balaban J connectivity index is 1.46. The molecule has 0 radical (unpaired) electrons. The second-order valence-electron chi connectivity index (χ2n) is 6.53. The van der Waals surface area contributed by atoms with Gasteiger partial charge < -0.3 is 19.9 Å². The molecule has 5 heteroatoms. The van der Waals surface area contributed by atoms with Crippen molar-refractivity contribution >= 4 is 6.09 Å². The second kappa shape index (κ2) is 7.32. The molecule has 1 aliphatic carbocycles. The number of aliphatic hydroxyl groups is 1. The Morgan fingerprint density at radius 2 is 1.78 bits per heavy atom. The van der Waals surface area contributed by atoms with E-state index in [0.29, 0.717) is 26.1 Å². The van der Waals surface area contributed by atoms with Crippen molar-refractivity contribution in [3.05, 3.63) is 35.9 Å². The van der Waals surface area contributed by atoms with Crippen molar-refractivity contribution in [3.63, 3.8) is 0 Å². The molecule has 1 saturated heterocycles.